The fourth-order valence-corrected chi connectivity index (χ4v) is 4.46. The van der Waals surface area contributed by atoms with Crippen LogP contribution in [0, 0.1) is 0 Å². The molecule has 0 atom stereocenters. The van der Waals surface area contributed by atoms with E-state index in [0.29, 0.717) is 12.8 Å². The third kappa shape index (κ3) is 6.16. The van der Waals surface area contributed by atoms with E-state index in [-0.39, 0.29) is 18.0 Å². The molecule has 3 aromatic rings. The fourth-order valence-electron chi connectivity index (χ4n) is 4.46. The van der Waals surface area contributed by atoms with Crippen LogP contribution in [0.1, 0.15) is 70.3 Å². The van der Waals surface area contributed by atoms with Crippen molar-refractivity contribution in [3.63, 3.8) is 0 Å². The third-order valence-corrected chi connectivity index (χ3v) is 6.06. The second kappa shape index (κ2) is 11.6. The quantitative estimate of drug-likeness (QED) is 0.158. The van der Waals surface area contributed by atoms with Gasteiger partial charge in [-0.05, 0) is 43.9 Å². The lowest BCUT2D eigenvalue weighted by atomic mass is 10.0. The minimum Gasteiger partial charge on any atom is -0.341 e. The van der Waals surface area contributed by atoms with Crippen LogP contribution in [0.5, 0.6) is 0 Å². The molecule has 0 fully saturated rings. The molecule has 3 rings (SSSR count). The van der Waals surface area contributed by atoms with Crippen molar-refractivity contribution in [2.24, 2.45) is 0 Å². The fraction of sp³-hybridized carbons (Fsp3) is 0.429. The summed E-state index contributed by atoms with van der Waals surface area (Å²) >= 11 is 0. The van der Waals surface area contributed by atoms with Gasteiger partial charge >= 0.3 is 0 Å². The first-order valence-electron chi connectivity index (χ1n) is 11.8. The predicted molar refractivity (Wildman–Crippen MR) is 131 cm³/mol. The molecule has 1 heterocycles. The average Bonchev–Trinajstić information content (AvgIpc) is 3.08. The van der Waals surface area contributed by atoms with Gasteiger partial charge in [0.05, 0.1) is 6.42 Å². The number of unbranched alkanes of at least 4 members (excludes halogenated alkanes) is 6. The first-order valence-corrected chi connectivity index (χ1v) is 11.8. The molecule has 0 bridgehead atoms. The van der Waals surface area contributed by atoms with E-state index in [1.165, 1.54) is 42.0 Å². The molecule has 3 nitrogen and oxygen atoms in total. The van der Waals surface area contributed by atoms with Crippen LogP contribution >= 0.6 is 0 Å². The standard InChI is InChI=1S/C28H35NO2/c1-3-5-6-7-8-9-10-11-14-23(30)21-24(31)19-22-17-18-26-25-15-12-13-16-27(25)29(4-2)28(26)20-22/h3,12-13,15-18,20H,1,4-11,14,19,21H2,2H3. The summed E-state index contributed by atoms with van der Waals surface area (Å²) in [5.74, 6) is 0.105. The Morgan fingerprint density at radius 2 is 1.58 bits per heavy atom. The zero-order valence-corrected chi connectivity index (χ0v) is 18.9. The minimum atomic E-state index is 0.0212. The Morgan fingerprint density at radius 1 is 0.871 bits per heavy atom. The largest absolute Gasteiger partial charge is 0.341 e. The molecule has 1 aromatic heterocycles. The number of aryl methyl sites for hydroxylation is 1. The number of fused-ring (bicyclic) bond motifs is 3. The summed E-state index contributed by atoms with van der Waals surface area (Å²) in [6.45, 7) is 6.77. The van der Waals surface area contributed by atoms with Crippen LogP contribution in [0.3, 0.4) is 0 Å². The number of hydrogen-bond acceptors (Lipinski definition) is 2. The molecule has 0 unspecified atom stereocenters. The van der Waals surface area contributed by atoms with Crippen molar-refractivity contribution >= 4 is 33.4 Å². The van der Waals surface area contributed by atoms with Crippen LogP contribution in [0.2, 0.25) is 0 Å². The molecule has 0 aliphatic rings. The van der Waals surface area contributed by atoms with Crippen LogP contribution in [0.15, 0.2) is 55.1 Å². The molecule has 0 amide bonds. The Morgan fingerprint density at radius 3 is 2.35 bits per heavy atom. The predicted octanol–water partition coefficient (Wildman–Crippen LogP) is 7.19. The lowest BCUT2D eigenvalue weighted by Gasteiger charge is -2.06. The number of para-hydroxylation sites is 1. The van der Waals surface area contributed by atoms with Gasteiger partial charge in [-0.15, -0.1) is 6.58 Å². The van der Waals surface area contributed by atoms with Crippen LogP contribution in [-0.2, 0) is 22.6 Å². The van der Waals surface area contributed by atoms with Crippen LogP contribution in [0.4, 0.5) is 0 Å². The first kappa shape index (κ1) is 23.0. The molecular formula is C28H35NO2. The maximum Gasteiger partial charge on any atom is 0.144 e. The lowest BCUT2D eigenvalue weighted by molar-refractivity contribution is -0.126. The molecule has 0 saturated heterocycles. The SMILES string of the molecule is C=CCCCCCCCCC(=O)CC(=O)Cc1ccc2c3ccccc3n(CC)c2c1. The molecule has 31 heavy (non-hydrogen) atoms. The number of nitrogens with zero attached hydrogens (tertiary/aromatic N) is 1. The molecule has 2 aromatic carbocycles. The molecule has 3 heteroatoms. The summed E-state index contributed by atoms with van der Waals surface area (Å²) in [6.07, 6.45) is 10.8. The first-order chi connectivity index (χ1) is 15.1. The second-order valence-corrected chi connectivity index (χ2v) is 8.49. The highest BCUT2D eigenvalue weighted by Gasteiger charge is 2.13. The van der Waals surface area contributed by atoms with E-state index in [4.69, 9.17) is 0 Å². The van der Waals surface area contributed by atoms with Gasteiger partial charge in [0, 0.05) is 41.2 Å². The monoisotopic (exact) mass is 417 g/mol. The highest BCUT2D eigenvalue weighted by Crippen LogP contribution is 2.29. The molecule has 0 aliphatic carbocycles. The van der Waals surface area contributed by atoms with Gasteiger partial charge in [-0.2, -0.15) is 0 Å². The maximum absolute atomic E-state index is 12.5. The number of allylic oxidation sites excluding steroid dienone is 1. The summed E-state index contributed by atoms with van der Waals surface area (Å²) in [5.41, 5.74) is 3.37. The van der Waals surface area contributed by atoms with E-state index in [2.05, 4.69) is 54.5 Å². The zero-order chi connectivity index (χ0) is 22.1. The van der Waals surface area contributed by atoms with Gasteiger partial charge in [0.2, 0.25) is 0 Å². The van der Waals surface area contributed by atoms with Crippen molar-refractivity contribution in [3.8, 4) is 0 Å². The van der Waals surface area contributed by atoms with E-state index in [9.17, 15) is 9.59 Å². The van der Waals surface area contributed by atoms with Crippen molar-refractivity contribution in [2.45, 2.75) is 77.7 Å². The summed E-state index contributed by atoms with van der Waals surface area (Å²) in [7, 11) is 0. The number of rotatable bonds is 14. The Hall–Kier alpha value is -2.68. The molecule has 0 radical (unpaired) electrons. The Balaban J connectivity index is 1.49. The number of Topliss-reactive ketones (excluding diaryl/α,β-unsaturated/α-hetero) is 2. The second-order valence-electron chi connectivity index (χ2n) is 8.49. The van der Waals surface area contributed by atoms with Gasteiger partial charge in [-0.25, -0.2) is 0 Å². The molecule has 0 N–H and O–H groups in total. The van der Waals surface area contributed by atoms with Gasteiger partial charge in [0.15, 0.2) is 0 Å². The zero-order valence-electron chi connectivity index (χ0n) is 18.9. The van der Waals surface area contributed by atoms with Crippen LogP contribution in [-0.4, -0.2) is 16.1 Å². The number of carbonyl (C=O) groups excluding carboxylic acids is 2. The van der Waals surface area contributed by atoms with Crippen LogP contribution < -0.4 is 0 Å². The van der Waals surface area contributed by atoms with E-state index in [0.717, 1.165) is 36.9 Å². The maximum atomic E-state index is 12.5. The number of aromatic nitrogens is 1. The van der Waals surface area contributed by atoms with E-state index >= 15 is 0 Å². The van der Waals surface area contributed by atoms with E-state index in [1.54, 1.807) is 0 Å². The van der Waals surface area contributed by atoms with Gasteiger partial charge in [-0.1, -0.05) is 62.1 Å². The average molecular weight is 418 g/mol. The van der Waals surface area contributed by atoms with Crippen molar-refractivity contribution < 1.29 is 9.59 Å². The van der Waals surface area contributed by atoms with Gasteiger partial charge in [-0.3, -0.25) is 9.59 Å². The summed E-state index contributed by atoms with van der Waals surface area (Å²) in [5, 5.41) is 2.46. The normalized spacial score (nSPS) is 11.3. The Labute approximate surface area is 186 Å². The van der Waals surface area contributed by atoms with Crippen LogP contribution in [0.25, 0.3) is 21.8 Å². The van der Waals surface area contributed by atoms with E-state index < -0.39 is 0 Å². The highest BCUT2D eigenvalue weighted by atomic mass is 16.1. The lowest BCUT2D eigenvalue weighted by Crippen LogP contribution is -2.10. The van der Waals surface area contributed by atoms with Crippen molar-refractivity contribution in [3.05, 3.63) is 60.7 Å². The molecule has 164 valence electrons. The summed E-state index contributed by atoms with van der Waals surface area (Å²) in [4.78, 5) is 24.7. The van der Waals surface area contributed by atoms with Crippen molar-refractivity contribution in [2.75, 3.05) is 0 Å². The third-order valence-electron chi connectivity index (χ3n) is 6.06. The van der Waals surface area contributed by atoms with Gasteiger partial charge < -0.3 is 4.57 Å². The molecule has 0 saturated carbocycles. The van der Waals surface area contributed by atoms with E-state index in [1.807, 2.05) is 12.1 Å². The van der Waals surface area contributed by atoms with Gasteiger partial charge in [0.25, 0.3) is 0 Å². The van der Waals surface area contributed by atoms with Crippen molar-refractivity contribution in [1.82, 2.24) is 4.57 Å². The number of hydrogen-bond donors (Lipinski definition) is 0. The van der Waals surface area contributed by atoms with Gasteiger partial charge in [0.1, 0.15) is 11.6 Å². The Kier molecular flexibility index (Phi) is 8.63. The highest BCUT2D eigenvalue weighted by molar-refractivity contribution is 6.08. The molecule has 0 aliphatic heterocycles. The van der Waals surface area contributed by atoms with Crippen molar-refractivity contribution in [1.29, 1.82) is 0 Å². The number of benzene rings is 2. The summed E-state index contributed by atoms with van der Waals surface area (Å²) in [6, 6.07) is 14.7. The molecule has 0 spiro atoms. The minimum absolute atomic E-state index is 0.0212. The smallest absolute Gasteiger partial charge is 0.144 e. The topological polar surface area (TPSA) is 39.1 Å². The Bertz CT molecular complexity index is 1040. The number of ketones is 2. The summed E-state index contributed by atoms with van der Waals surface area (Å²) < 4.78 is 2.29. The number of carbonyl (C=O) groups is 2. The molecular weight excluding hydrogens is 382 g/mol.